The van der Waals surface area contributed by atoms with Crippen molar-refractivity contribution in [3.63, 3.8) is 0 Å². The maximum absolute atomic E-state index is 11.7. The summed E-state index contributed by atoms with van der Waals surface area (Å²) in [5.74, 6) is 0. The van der Waals surface area contributed by atoms with E-state index in [1.54, 1.807) is 17.5 Å². The molecule has 1 unspecified atom stereocenters. The van der Waals surface area contributed by atoms with Crippen LogP contribution in [0.3, 0.4) is 0 Å². The molecule has 0 spiro atoms. The zero-order valence-electron chi connectivity index (χ0n) is 10.3. The van der Waals surface area contributed by atoms with Crippen LogP contribution in [-0.4, -0.2) is 26.2 Å². The van der Waals surface area contributed by atoms with Gasteiger partial charge in [-0.3, -0.25) is 0 Å². The van der Waals surface area contributed by atoms with Crippen molar-refractivity contribution in [3.05, 3.63) is 17.5 Å². The summed E-state index contributed by atoms with van der Waals surface area (Å²) >= 11 is 1.18. The highest BCUT2D eigenvalue weighted by Crippen LogP contribution is 2.21. The average molecular weight is 277 g/mol. The van der Waals surface area contributed by atoms with Gasteiger partial charge in [-0.25, -0.2) is 13.1 Å². The van der Waals surface area contributed by atoms with Gasteiger partial charge in [-0.1, -0.05) is 26.8 Å². The summed E-state index contributed by atoms with van der Waals surface area (Å²) in [5.41, 5.74) is -0.228. The highest BCUT2D eigenvalue weighted by atomic mass is 32.2. The molecule has 1 rings (SSSR count). The number of aliphatic hydroxyl groups excluding tert-OH is 1. The van der Waals surface area contributed by atoms with Crippen molar-refractivity contribution in [2.45, 2.75) is 37.5 Å². The summed E-state index contributed by atoms with van der Waals surface area (Å²) in [7, 11) is -3.40. The monoisotopic (exact) mass is 277 g/mol. The Kier molecular flexibility index (Phi) is 4.71. The van der Waals surface area contributed by atoms with E-state index in [1.807, 2.05) is 20.8 Å². The van der Waals surface area contributed by atoms with Crippen molar-refractivity contribution < 1.29 is 13.5 Å². The second-order valence-electron chi connectivity index (χ2n) is 5.00. The standard InChI is InChI=1S/C11H19NO3S2/c1-11(2,3)9(13)6-7-12-17(14,15)10-5-4-8-16-10/h4-5,8-9,12-13H,6-7H2,1-3H3. The summed E-state index contributed by atoms with van der Waals surface area (Å²) in [5, 5.41) is 11.5. The molecule has 0 fully saturated rings. The van der Waals surface area contributed by atoms with E-state index < -0.39 is 16.1 Å². The van der Waals surface area contributed by atoms with E-state index in [0.29, 0.717) is 10.6 Å². The molecule has 0 bridgehead atoms. The molecule has 0 radical (unpaired) electrons. The zero-order valence-corrected chi connectivity index (χ0v) is 11.9. The van der Waals surface area contributed by atoms with Gasteiger partial charge in [-0.2, -0.15) is 0 Å². The maximum Gasteiger partial charge on any atom is 0.250 e. The third-order valence-corrected chi connectivity index (χ3v) is 5.33. The van der Waals surface area contributed by atoms with E-state index in [9.17, 15) is 13.5 Å². The van der Waals surface area contributed by atoms with E-state index in [0.717, 1.165) is 0 Å². The van der Waals surface area contributed by atoms with E-state index in [1.165, 1.54) is 11.3 Å². The predicted molar refractivity (Wildman–Crippen MR) is 69.6 cm³/mol. The summed E-state index contributed by atoms with van der Waals surface area (Å²) in [6, 6.07) is 3.26. The minimum atomic E-state index is -3.40. The molecule has 1 aromatic heterocycles. The summed E-state index contributed by atoms with van der Waals surface area (Å²) in [6.45, 7) is 6.01. The van der Waals surface area contributed by atoms with Crippen LogP contribution in [0, 0.1) is 5.41 Å². The molecular weight excluding hydrogens is 258 g/mol. The smallest absolute Gasteiger partial charge is 0.250 e. The normalized spacial score (nSPS) is 14.8. The van der Waals surface area contributed by atoms with Crippen molar-refractivity contribution in [1.29, 1.82) is 0 Å². The number of hydrogen-bond acceptors (Lipinski definition) is 4. The van der Waals surface area contributed by atoms with E-state index >= 15 is 0 Å². The van der Waals surface area contributed by atoms with Crippen LogP contribution < -0.4 is 4.72 Å². The maximum atomic E-state index is 11.7. The molecule has 2 N–H and O–H groups in total. The lowest BCUT2D eigenvalue weighted by molar-refractivity contribution is 0.0571. The predicted octanol–water partition coefficient (Wildman–Crippen LogP) is 1.82. The largest absolute Gasteiger partial charge is 0.393 e. The van der Waals surface area contributed by atoms with Crippen LogP contribution in [-0.2, 0) is 10.0 Å². The van der Waals surface area contributed by atoms with Gasteiger partial charge in [0.05, 0.1) is 6.10 Å². The number of thiophene rings is 1. The number of hydrogen-bond donors (Lipinski definition) is 2. The van der Waals surface area contributed by atoms with Gasteiger partial charge in [0.1, 0.15) is 4.21 Å². The van der Waals surface area contributed by atoms with Gasteiger partial charge in [-0.05, 0) is 23.3 Å². The first-order valence-corrected chi connectivity index (χ1v) is 7.81. The molecule has 1 heterocycles. The van der Waals surface area contributed by atoms with E-state index in [4.69, 9.17) is 0 Å². The van der Waals surface area contributed by atoms with Crippen molar-refractivity contribution >= 4 is 21.4 Å². The number of sulfonamides is 1. The molecule has 0 aliphatic rings. The molecule has 6 heteroatoms. The van der Waals surface area contributed by atoms with Crippen LogP contribution in [0.2, 0.25) is 0 Å². The third kappa shape index (κ3) is 4.39. The van der Waals surface area contributed by atoms with Crippen molar-refractivity contribution in [3.8, 4) is 0 Å². The quantitative estimate of drug-likeness (QED) is 0.863. The van der Waals surface area contributed by atoms with Crippen LogP contribution in [0.1, 0.15) is 27.2 Å². The topological polar surface area (TPSA) is 66.4 Å². The third-order valence-electron chi connectivity index (χ3n) is 2.47. The molecule has 4 nitrogen and oxygen atoms in total. The lowest BCUT2D eigenvalue weighted by Crippen LogP contribution is -2.32. The molecule has 1 aromatic rings. The van der Waals surface area contributed by atoms with Crippen LogP contribution in [0.25, 0.3) is 0 Å². The Bertz CT molecular complexity index is 432. The minimum absolute atomic E-state index is 0.228. The second-order valence-corrected chi connectivity index (χ2v) is 7.94. The Morgan fingerprint density at radius 3 is 2.59 bits per heavy atom. The Morgan fingerprint density at radius 2 is 2.12 bits per heavy atom. The van der Waals surface area contributed by atoms with E-state index in [-0.39, 0.29) is 12.0 Å². The van der Waals surface area contributed by atoms with Crippen LogP contribution in [0.5, 0.6) is 0 Å². The number of rotatable bonds is 5. The molecule has 0 saturated heterocycles. The fourth-order valence-corrected chi connectivity index (χ4v) is 3.34. The number of aliphatic hydroxyl groups is 1. The molecular formula is C11H19NO3S2. The van der Waals surface area contributed by atoms with Crippen molar-refractivity contribution in [1.82, 2.24) is 4.72 Å². The SMILES string of the molecule is CC(C)(C)C(O)CCNS(=O)(=O)c1cccs1. The molecule has 0 amide bonds. The van der Waals surface area contributed by atoms with Crippen molar-refractivity contribution in [2.24, 2.45) is 5.41 Å². The number of nitrogens with one attached hydrogen (secondary N) is 1. The van der Waals surface area contributed by atoms with Gasteiger partial charge in [0.15, 0.2) is 0 Å². The molecule has 17 heavy (non-hydrogen) atoms. The lowest BCUT2D eigenvalue weighted by atomic mass is 9.87. The van der Waals surface area contributed by atoms with Gasteiger partial charge >= 0.3 is 0 Å². The zero-order chi connectivity index (χ0) is 13.1. The summed E-state index contributed by atoms with van der Waals surface area (Å²) < 4.78 is 26.3. The second kappa shape index (κ2) is 5.48. The first-order chi connectivity index (χ1) is 7.73. The van der Waals surface area contributed by atoms with Gasteiger partial charge in [-0.15, -0.1) is 11.3 Å². The van der Waals surface area contributed by atoms with Crippen LogP contribution >= 0.6 is 11.3 Å². The lowest BCUT2D eigenvalue weighted by Gasteiger charge is -2.25. The molecule has 0 aliphatic carbocycles. The minimum Gasteiger partial charge on any atom is -0.393 e. The van der Waals surface area contributed by atoms with Gasteiger partial charge in [0.2, 0.25) is 10.0 Å². The van der Waals surface area contributed by atoms with Crippen LogP contribution in [0.15, 0.2) is 21.7 Å². The van der Waals surface area contributed by atoms with Gasteiger partial charge in [0.25, 0.3) is 0 Å². The molecule has 98 valence electrons. The molecule has 0 saturated carbocycles. The Balaban J connectivity index is 2.48. The Labute approximate surface area is 107 Å². The summed E-state index contributed by atoms with van der Waals surface area (Å²) in [6.07, 6.45) is -0.109. The molecule has 1 atom stereocenters. The fraction of sp³-hybridized carbons (Fsp3) is 0.636. The fourth-order valence-electron chi connectivity index (χ4n) is 1.25. The van der Waals surface area contributed by atoms with Gasteiger partial charge < -0.3 is 5.11 Å². The first kappa shape index (κ1) is 14.6. The van der Waals surface area contributed by atoms with Gasteiger partial charge in [0, 0.05) is 6.54 Å². The molecule has 0 aromatic carbocycles. The Hall–Kier alpha value is -0.430. The van der Waals surface area contributed by atoms with Crippen LogP contribution in [0.4, 0.5) is 0 Å². The first-order valence-electron chi connectivity index (χ1n) is 5.45. The Morgan fingerprint density at radius 1 is 1.47 bits per heavy atom. The highest BCUT2D eigenvalue weighted by Gasteiger charge is 2.22. The summed E-state index contributed by atoms with van der Waals surface area (Å²) in [4.78, 5) is 0. The van der Waals surface area contributed by atoms with E-state index in [2.05, 4.69) is 4.72 Å². The highest BCUT2D eigenvalue weighted by molar-refractivity contribution is 7.91. The molecule has 0 aliphatic heterocycles. The van der Waals surface area contributed by atoms with Crippen molar-refractivity contribution in [2.75, 3.05) is 6.54 Å². The average Bonchev–Trinajstić information content (AvgIpc) is 2.68.